The molecule has 0 unspecified atom stereocenters. The molecule has 0 fully saturated rings. The van der Waals surface area contributed by atoms with Crippen molar-refractivity contribution in [2.45, 2.75) is 27.7 Å². The zero-order valence-electron chi connectivity index (χ0n) is 23.1. The maximum Gasteiger partial charge on any atom is 0.0751 e. The molecule has 0 saturated heterocycles. The molecule has 0 spiro atoms. The summed E-state index contributed by atoms with van der Waals surface area (Å²) in [6.07, 6.45) is 0. The largest absolute Gasteiger partial charge is 1.00 e. The van der Waals surface area contributed by atoms with E-state index >= 15 is 0 Å². The summed E-state index contributed by atoms with van der Waals surface area (Å²) in [5, 5.41) is 0. The van der Waals surface area contributed by atoms with Crippen molar-refractivity contribution in [3.05, 3.63) is 0 Å². The van der Waals surface area contributed by atoms with Crippen molar-refractivity contribution in [3.8, 4) is 0 Å². The van der Waals surface area contributed by atoms with Crippen LogP contribution in [0.5, 0.6) is 0 Å². The number of rotatable bonds is 4. The second kappa shape index (κ2) is 20.3. The molecular formula is C20H56ClN4O3PS. The van der Waals surface area contributed by atoms with Crippen LogP contribution in [0.4, 0.5) is 0 Å². The van der Waals surface area contributed by atoms with Gasteiger partial charge >= 0.3 is 0 Å². The molecule has 0 amide bonds. The van der Waals surface area contributed by atoms with Crippen LogP contribution in [-0.4, -0.2) is 129 Å². The third-order valence-electron chi connectivity index (χ3n) is 3.79. The van der Waals surface area contributed by atoms with E-state index in [-0.39, 0.29) is 12.4 Å². The van der Waals surface area contributed by atoms with Crippen molar-refractivity contribution < 1.29 is 45.0 Å². The van der Waals surface area contributed by atoms with Crippen molar-refractivity contribution in [2.24, 2.45) is 0 Å². The van der Waals surface area contributed by atoms with E-state index < -0.39 is 6.72 Å². The smallest absolute Gasteiger partial charge is 0.0751 e. The van der Waals surface area contributed by atoms with Gasteiger partial charge in [-0.05, 0) is 27.7 Å². The van der Waals surface area contributed by atoms with Gasteiger partial charge in [-0.25, -0.2) is 0 Å². The van der Waals surface area contributed by atoms with Crippen LogP contribution in [0.3, 0.4) is 0 Å². The van der Waals surface area contributed by atoms with Gasteiger partial charge in [0.15, 0.2) is 0 Å². The van der Waals surface area contributed by atoms with Gasteiger partial charge in [-0.15, -0.1) is 0 Å². The molecule has 0 N–H and O–H groups in total. The van der Waals surface area contributed by atoms with Crippen molar-refractivity contribution in [2.75, 3.05) is 111 Å². The fourth-order valence-electron chi connectivity index (χ4n) is 0. The minimum atomic E-state index is -4.56. The first kappa shape index (κ1) is 44.4. The molecule has 0 bridgehead atoms. The summed E-state index contributed by atoms with van der Waals surface area (Å²) in [4.78, 5) is 26.8. The predicted molar refractivity (Wildman–Crippen MR) is 129 cm³/mol. The molecule has 0 aliphatic carbocycles. The van der Waals surface area contributed by atoms with Gasteiger partial charge in [-0.3, -0.25) is 0 Å². The second-order valence-corrected chi connectivity index (χ2v) is 13.1. The molecule has 0 aliphatic heterocycles. The van der Waals surface area contributed by atoms with Gasteiger partial charge in [0.25, 0.3) is 0 Å². The number of halogens is 1. The highest BCUT2D eigenvalue weighted by Crippen LogP contribution is 2.04. The van der Waals surface area contributed by atoms with Crippen LogP contribution in [0.1, 0.15) is 27.7 Å². The van der Waals surface area contributed by atoms with Gasteiger partial charge in [0.05, 0.1) is 111 Å². The predicted octanol–water partition coefficient (Wildman–Crippen LogP) is -2.85. The van der Waals surface area contributed by atoms with Crippen molar-refractivity contribution in [3.63, 3.8) is 0 Å². The zero-order chi connectivity index (χ0) is 25.3. The summed E-state index contributed by atoms with van der Waals surface area (Å²) >= 11 is 3.27. The van der Waals surface area contributed by atoms with Gasteiger partial charge in [0.2, 0.25) is 0 Å². The Morgan fingerprint density at radius 2 is 0.500 bits per heavy atom. The van der Waals surface area contributed by atoms with Gasteiger partial charge in [-0.2, -0.15) is 11.8 Å². The quantitative estimate of drug-likeness (QED) is 0.309. The molecule has 0 rings (SSSR count). The first-order chi connectivity index (χ1) is 12.2. The summed E-state index contributed by atoms with van der Waals surface area (Å²) in [6.45, 7) is 9.00. The van der Waals surface area contributed by atoms with E-state index in [0.717, 1.165) is 17.9 Å². The number of nitrogens with zero attached hydrogens (tertiary/aromatic N) is 4. The van der Waals surface area contributed by atoms with Crippen LogP contribution in [0.25, 0.3) is 0 Å². The third kappa shape index (κ3) is 137. The van der Waals surface area contributed by atoms with Crippen molar-refractivity contribution in [1.82, 2.24) is 0 Å². The topological polar surface area (TPSA) is 69.2 Å². The first-order valence-electron chi connectivity index (χ1n) is 10.2. The third-order valence-corrected chi connectivity index (χ3v) is 3.79. The molecule has 0 aromatic carbocycles. The molecule has 0 heterocycles. The van der Waals surface area contributed by atoms with Gasteiger partial charge in [0.1, 0.15) is 0 Å². The van der Waals surface area contributed by atoms with Crippen LogP contribution < -0.4 is 27.1 Å². The maximum atomic E-state index is 8.92. The number of hydrogen-bond donors (Lipinski definition) is 0. The molecule has 0 atom stereocenters. The van der Waals surface area contributed by atoms with E-state index in [9.17, 15) is 0 Å². The lowest BCUT2D eigenvalue weighted by molar-refractivity contribution is -0.868. The standard InChI is InChI=1S/4C5H14N.ClH.H3O3PS/c4*1-5-6(2,3)4;;1-4(2,3)5/h4*5H2,1-4H3;1H;(H3,1,2,3,5)/q4*+1;;/p-4. The highest BCUT2D eigenvalue weighted by molar-refractivity contribution is 8.04. The van der Waals surface area contributed by atoms with E-state index in [4.69, 9.17) is 14.7 Å². The summed E-state index contributed by atoms with van der Waals surface area (Å²) in [5.74, 6) is 0. The maximum absolute atomic E-state index is 8.92. The van der Waals surface area contributed by atoms with E-state index in [1.165, 1.54) is 26.2 Å². The van der Waals surface area contributed by atoms with Gasteiger partial charge < -0.3 is 51.7 Å². The average molecular weight is 499 g/mol. The Hall–Kier alpha value is 0.660. The minimum Gasteiger partial charge on any atom is -1.00 e. The zero-order valence-corrected chi connectivity index (χ0v) is 25.5. The summed E-state index contributed by atoms with van der Waals surface area (Å²) < 4.78 is 4.28. The van der Waals surface area contributed by atoms with Gasteiger partial charge in [0, 0.05) is 0 Å². The van der Waals surface area contributed by atoms with Crippen LogP contribution in [0.15, 0.2) is 0 Å². The van der Waals surface area contributed by atoms with E-state index in [2.05, 4.69) is 124 Å². The first-order valence-corrected chi connectivity index (χ1v) is 12.7. The minimum absolute atomic E-state index is 0. The average Bonchev–Trinajstić information content (AvgIpc) is 2.44. The SMILES string of the molecule is CC[N+](C)(C)C.CC[N+](C)(C)C.CC[N+](C)(C)C.CC[N+](C)(C)C.[Cl-].[O-]P([O-])([O-])=S. The van der Waals surface area contributed by atoms with Crippen LogP contribution in [0.2, 0.25) is 0 Å². The molecule has 0 saturated carbocycles. The Labute approximate surface area is 201 Å². The normalized spacial score (nSPS) is 11.6. The molecule has 30 heavy (non-hydrogen) atoms. The Morgan fingerprint density at radius 3 is 0.500 bits per heavy atom. The van der Waals surface area contributed by atoms with Crippen LogP contribution in [-0.2, 0) is 11.8 Å². The number of quaternary nitrogens is 4. The second-order valence-electron chi connectivity index (χ2n) is 10.9. The van der Waals surface area contributed by atoms with E-state index in [1.807, 2.05) is 0 Å². The Kier molecular flexibility index (Phi) is 30.0. The molecule has 0 aliphatic rings. The highest BCUT2D eigenvalue weighted by Gasteiger charge is 1.99. The highest BCUT2D eigenvalue weighted by atomic mass is 35.5. The lowest BCUT2D eigenvalue weighted by Gasteiger charge is -2.43. The molecule has 7 nitrogen and oxygen atoms in total. The Morgan fingerprint density at radius 1 is 0.467 bits per heavy atom. The van der Waals surface area contributed by atoms with Crippen molar-refractivity contribution >= 4 is 18.5 Å². The monoisotopic (exact) mass is 498 g/mol. The Bertz CT molecular complexity index is 333. The summed E-state index contributed by atoms with van der Waals surface area (Å²) in [7, 11) is 26.2. The fraction of sp³-hybridized carbons (Fsp3) is 1.00. The van der Waals surface area contributed by atoms with E-state index in [1.54, 1.807) is 0 Å². The van der Waals surface area contributed by atoms with Crippen LogP contribution >= 0.6 is 6.72 Å². The number of hydrogen-bond acceptors (Lipinski definition) is 4. The lowest BCUT2D eigenvalue weighted by atomic mass is 10.6. The lowest BCUT2D eigenvalue weighted by Crippen LogP contribution is -3.00. The molecule has 192 valence electrons. The Balaban J connectivity index is -0.0000000596. The van der Waals surface area contributed by atoms with Gasteiger partial charge in [-0.1, -0.05) is 0 Å². The summed E-state index contributed by atoms with van der Waals surface area (Å²) in [6, 6.07) is 0. The van der Waals surface area contributed by atoms with Crippen molar-refractivity contribution in [1.29, 1.82) is 0 Å². The molecule has 10 heteroatoms. The van der Waals surface area contributed by atoms with E-state index in [0.29, 0.717) is 0 Å². The summed E-state index contributed by atoms with van der Waals surface area (Å²) in [5.41, 5.74) is 0. The fourth-order valence-corrected chi connectivity index (χ4v) is 0. The molecule has 0 radical (unpaired) electrons. The van der Waals surface area contributed by atoms with Crippen LogP contribution in [0, 0.1) is 0 Å². The molecule has 0 aromatic rings. The molecule has 0 aromatic heterocycles. The molecular weight excluding hydrogens is 443 g/mol.